The normalized spacial score (nSPS) is 17.9. The lowest BCUT2D eigenvalue weighted by molar-refractivity contribution is 0.0909. The first-order valence-corrected chi connectivity index (χ1v) is 12.0. The maximum atomic E-state index is 12.5. The third-order valence-electron chi connectivity index (χ3n) is 5.34. The molecule has 1 aliphatic rings. The Bertz CT molecular complexity index is 936. The number of nitrogens with zero attached hydrogens (tertiary/aromatic N) is 1. The van der Waals surface area contributed by atoms with Gasteiger partial charge in [0.15, 0.2) is 15.6 Å². The average molecular weight is 419 g/mol. The zero-order valence-electron chi connectivity index (χ0n) is 17.2. The number of likely N-dealkylation sites (tertiary alicyclic amines) is 1. The summed E-state index contributed by atoms with van der Waals surface area (Å²) in [7, 11) is -3.39. The number of furan rings is 1. The molecule has 0 spiro atoms. The fourth-order valence-corrected chi connectivity index (χ4v) is 5.17. The third kappa shape index (κ3) is 6.44. The van der Waals surface area contributed by atoms with Gasteiger partial charge in [-0.05, 0) is 50.9 Å². The number of sulfone groups is 1. The highest BCUT2D eigenvalue weighted by Crippen LogP contribution is 2.17. The van der Waals surface area contributed by atoms with Gasteiger partial charge in [0.1, 0.15) is 11.5 Å². The molecule has 0 bridgehead atoms. The van der Waals surface area contributed by atoms with Gasteiger partial charge >= 0.3 is 0 Å². The van der Waals surface area contributed by atoms with Gasteiger partial charge in [0.05, 0.1) is 5.75 Å². The van der Waals surface area contributed by atoms with E-state index in [-0.39, 0.29) is 28.9 Å². The Hall–Kier alpha value is -2.12. The molecule has 2 heterocycles. The maximum Gasteiger partial charge on any atom is 0.287 e. The van der Waals surface area contributed by atoms with Gasteiger partial charge in [-0.2, -0.15) is 0 Å². The predicted molar refractivity (Wildman–Crippen MR) is 113 cm³/mol. The molecule has 0 unspecified atom stereocenters. The van der Waals surface area contributed by atoms with Gasteiger partial charge in [0.25, 0.3) is 5.91 Å². The number of aryl methyl sites for hydroxylation is 1. The molecule has 158 valence electrons. The third-order valence-corrected chi connectivity index (χ3v) is 6.84. The SMILES string of the molecule is Cc1cccc(CS(=O)(=O)Cc2ccc(C(=O)NCCN3CCCC[C@H]3C)o2)c1. The minimum Gasteiger partial charge on any atom is -0.455 e. The summed E-state index contributed by atoms with van der Waals surface area (Å²) in [6, 6.07) is 11.1. The van der Waals surface area contributed by atoms with Gasteiger partial charge in [0, 0.05) is 19.1 Å². The number of benzene rings is 1. The van der Waals surface area contributed by atoms with Crippen LogP contribution in [-0.4, -0.2) is 44.9 Å². The lowest BCUT2D eigenvalue weighted by Crippen LogP contribution is -2.42. The number of piperidine rings is 1. The Labute approximate surface area is 173 Å². The minimum atomic E-state index is -3.39. The van der Waals surface area contributed by atoms with Crippen molar-refractivity contribution in [3.05, 3.63) is 59.0 Å². The fourth-order valence-electron chi connectivity index (χ4n) is 3.79. The van der Waals surface area contributed by atoms with Crippen LogP contribution in [0.4, 0.5) is 0 Å². The van der Waals surface area contributed by atoms with Crippen molar-refractivity contribution in [2.24, 2.45) is 0 Å². The summed E-state index contributed by atoms with van der Waals surface area (Å²) >= 11 is 0. The molecule has 1 fully saturated rings. The zero-order valence-corrected chi connectivity index (χ0v) is 18.0. The van der Waals surface area contributed by atoms with Crippen LogP contribution in [-0.2, 0) is 21.3 Å². The molecule has 1 aliphatic heterocycles. The van der Waals surface area contributed by atoms with Crippen molar-refractivity contribution in [3.63, 3.8) is 0 Å². The molecule has 2 aromatic rings. The molecule has 29 heavy (non-hydrogen) atoms. The van der Waals surface area contributed by atoms with Crippen LogP contribution < -0.4 is 5.32 Å². The van der Waals surface area contributed by atoms with Crippen LogP contribution in [0.5, 0.6) is 0 Å². The highest BCUT2D eigenvalue weighted by atomic mass is 32.2. The molecule has 1 N–H and O–H groups in total. The highest BCUT2D eigenvalue weighted by Gasteiger charge is 2.20. The van der Waals surface area contributed by atoms with E-state index >= 15 is 0 Å². The quantitative estimate of drug-likeness (QED) is 0.711. The molecule has 0 aliphatic carbocycles. The van der Waals surface area contributed by atoms with Crippen molar-refractivity contribution in [1.82, 2.24) is 10.2 Å². The van der Waals surface area contributed by atoms with E-state index in [0.717, 1.165) is 24.2 Å². The molecule has 1 aromatic carbocycles. The summed E-state index contributed by atoms with van der Waals surface area (Å²) in [5, 5.41) is 2.87. The topological polar surface area (TPSA) is 79.6 Å². The Morgan fingerprint density at radius 2 is 2.03 bits per heavy atom. The van der Waals surface area contributed by atoms with Crippen molar-refractivity contribution < 1.29 is 17.6 Å². The van der Waals surface area contributed by atoms with Crippen LogP contribution in [0.25, 0.3) is 0 Å². The molecule has 1 atom stereocenters. The van der Waals surface area contributed by atoms with E-state index in [2.05, 4.69) is 17.1 Å². The van der Waals surface area contributed by atoms with Crippen molar-refractivity contribution in [1.29, 1.82) is 0 Å². The number of carbonyl (C=O) groups is 1. The van der Waals surface area contributed by atoms with Gasteiger partial charge in [-0.25, -0.2) is 8.42 Å². The van der Waals surface area contributed by atoms with Crippen LogP contribution in [0.2, 0.25) is 0 Å². The van der Waals surface area contributed by atoms with Crippen LogP contribution in [0, 0.1) is 6.92 Å². The Morgan fingerprint density at radius 3 is 2.79 bits per heavy atom. The predicted octanol–water partition coefficient (Wildman–Crippen LogP) is 3.31. The van der Waals surface area contributed by atoms with E-state index in [1.165, 1.54) is 25.3 Å². The molecule has 0 saturated carbocycles. The van der Waals surface area contributed by atoms with E-state index in [1.54, 1.807) is 12.1 Å². The van der Waals surface area contributed by atoms with Gasteiger partial charge in [-0.1, -0.05) is 36.2 Å². The van der Waals surface area contributed by atoms with Gasteiger partial charge in [-0.3, -0.25) is 9.69 Å². The summed E-state index contributed by atoms with van der Waals surface area (Å²) in [5.74, 6) is -0.147. The molecule has 7 heteroatoms. The summed E-state index contributed by atoms with van der Waals surface area (Å²) < 4.78 is 30.4. The van der Waals surface area contributed by atoms with Gasteiger partial charge in [0.2, 0.25) is 0 Å². The van der Waals surface area contributed by atoms with Crippen molar-refractivity contribution in [3.8, 4) is 0 Å². The first kappa shape index (κ1) is 21.6. The van der Waals surface area contributed by atoms with E-state index in [1.807, 2.05) is 25.1 Å². The average Bonchev–Trinajstić information content (AvgIpc) is 3.10. The second kappa shape index (κ2) is 9.59. The molecule has 1 aromatic heterocycles. The Morgan fingerprint density at radius 1 is 1.21 bits per heavy atom. The highest BCUT2D eigenvalue weighted by molar-refractivity contribution is 7.89. The molecule has 1 amide bonds. The smallest absolute Gasteiger partial charge is 0.287 e. The number of hydrogen-bond donors (Lipinski definition) is 1. The maximum absolute atomic E-state index is 12.5. The number of hydrogen-bond acceptors (Lipinski definition) is 5. The fraction of sp³-hybridized carbons (Fsp3) is 0.500. The van der Waals surface area contributed by atoms with Crippen LogP contribution >= 0.6 is 0 Å². The number of nitrogens with one attached hydrogen (secondary N) is 1. The second-order valence-corrected chi connectivity index (χ2v) is 9.99. The van der Waals surface area contributed by atoms with Crippen molar-refractivity contribution in [2.75, 3.05) is 19.6 Å². The summed E-state index contributed by atoms with van der Waals surface area (Å²) in [4.78, 5) is 14.7. The molecular weight excluding hydrogens is 388 g/mol. The molecule has 3 rings (SSSR count). The van der Waals surface area contributed by atoms with E-state index < -0.39 is 9.84 Å². The van der Waals surface area contributed by atoms with Crippen LogP contribution in [0.3, 0.4) is 0 Å². The molecule has 1 saturated heterocycles. The minimum absolute atomic E-state index is 0.0507. The van der Waals surface area contributed by atoms with Crippen molar-refractivity contribution >= 4 is 15.7 Å². The Balaban J connectivity index is 1.50. The zero-order chi connectivity index (χ0) is 20.9. The monoisotopic (exact) mass is 418 g/mol. The number of carbonyl (C=O) groups excluding carboxylic acids is 1. The van der Waals surface area contributed by atoms with E-state index in [4.69, 9.17) is 4.42 Å². The number of amides is 1. The van der Waals surface area contributed by atoms with Crippen molar-refractivity contribution in [2.45, 2.75) is 50.7 Å². The number of rotatable bonds is 8. The summed E-state index contributed by atoms with van der Waals surface area (Å²) in [5.41, 5.74) is 1.77. The lowest BCUT2D eigenvalue weighted by atomic mass is 10.0. The molecule has 6 nitrogen and oxygen atoms in total. The molecular formula is C22H30N2O4S. The second-order valence-electron chi connectivity index (χ2n) is 7.92. The Kier molecular flexibility index (Phi) is 7.14. The van der Waals surface area contributed by atoms with Crippen LogP contribution in [0.1, 0.15) is 53.6 Å². The van der Waals surface area contributed by atoms with Gasteiger partial charge < -0.3 is 9.73 Å². The van der Waals surface area contributed by atoms with E-state index in [0.29, 0.717) is 12.6 Å². The molecule has 0 radical (unpaired) electrons. The largest absolute Gasteiger partial charge is 0.455 e. The first-order valence-electron chi connectivity index (χ1n) is 10.2. The first-order chi connectivity index (χ1) is 13.8. The lowest BCUT2D eigenvalue weighted by Gasteiger charge is -2.33. The van der Waals surface area contributed by atoms with Gasteiger partial charge in [-0.15, -0.1) is 0 Å². The van der Waals surface area contributed by atoms with E-state index in [9.17, 15) is 13.2 Å². The summed E-state index contributed by atoms with van der Waals surface area (Å²) in [6.45, 7) is 6.58. The summed E-state index contributed by atoms with van der Waals surface area (Å²) in [6.07, 6.45) is 3.68. The van der Waals surface area contributed by atoms with Crippen LogP contribution in [0.15, 0.2) is 40.8 Å². The standard InChI is InChI=1S/C22H30N2O4S/c1-17-6-5-8-19(14-17)15-29(26,27)16-20-9-10-21(28-20)22(25)23-11-13-24-12-4-3-7-18(24)2/h5-6,8-10,14,18H,3-4,7,11-13,15-16H2,1-2H3,(H,23,25)/t18-/m1/s1.